The fourth-order valence-electron chi connectivity index (χ4n) is 1.75. The van der Waals surface area contributed by atoms with E-state index in [1.165, 1.54) is 6.07 Å². The van der Waals surface area contributed by atoms with Crippen LogP contribution in [0.2, 0.25) is 0 Å². The first-order valence-corrected chi connectivity index (χ1v) is 7.22. The first kappa shape index (κ1) is 16.0. The lowest BCUT2D eigenvalue weighted by Crippen LogP contribution is -2.28. The molecule has 6 heteroatoms. The van der Waals surface area contributed by atoms with Crippen LogP contribution in [0.25, 0.3) is 0 Å². The van der Waals surface area contributed by atoms with Crippen molar-refractivity contribution < 1.29 is 13.9 Å². The Morgan fingerprint density at radius 2 is 2.09 bits per heavy atom. The summed E-state index contributed by atoms with van der Waals surface area (Å²) in [6.45, 7) is -0.179. The summed E-state index contributed by atoms with van der Waals surface area (Å²) < 4.78 is 19.6. The van der Waals surface area contributed by atoms with Crippen LogP contribution in [0.4, 0.5) is 4.39 Å². The zero-order valence-corrected chi connectivity index (χ0v) is 13.1. The number of nitrogens with zero attached hydrogens (tertiary/aromatic N) is 1. The summed E-state index contributed by atoms with van der Waals surface area (Å²) in [7, 11) is 0. The molecule has 0 unspecified atom stereocenters. The molecule has 2 rings (SSSR count). The van der Waals surface area contributed by atoms with E-state index in [2.05, 4.69) is 21.2 Å². The topological polar surface area (TPSA) is 62.1 Å². The fraction of sp³-hybridized carbons (Fsp3) is 0.125. The minimum Gasteiger partial charge on any atom is -0.482 e. The van der Waals surface area contributed by atoms with Crippen LogP contribution < -0.4 is 10.1 Å². The minimum atomic E-state index is -0.396. The maximum Gasteiger partial charge on any atom is 0.258 e. The Kier molecular flexibility index (Phi) is 5.50. The normalized spacial score (nSPS) is 9.86. The van der Waals surface area contributed by atoms with Gasteiger partial charge in [-0.15, -0.1) is 0 Å². The molecule has 112 valence electrons. The highest BCUT2D eigenvalue weighted by Crippen LogP contribution is 2.17. The van der Waals surface area contributed by atoms with Crippen LogP contribution in [0, 0.1) is 17.1 Å². The van der Waals surface area contributed by atoms with Crippen molar-refractivity contribution in [1.82, 2.24) is 5.32 Å². The highest BCUT2D eigenvalue weighted by Gasteiger charge is 2.08. The van der Waals surface area contributed by atoms with Crippen LogP contribution in [-0.2, 0) is 11.3 Å². The van der Waals surface area contributed by atoms with Gasteiger partial charge >= 0.3 is 0 Å². The molecule has 4 nitrogen and oxygen atoms in total. The lowest BCUT2D eigenvalue weighted by atomic mass is 10.2. The van der Waals surface area contributed by atoms with E-state index in [9.17, 15) is 9.18 Å². The molecule has 0 fully saturated rings. The molecule has 0 bridgehead atoms. The first-order valence-electron chi connectivity index (χ1n) is 6.42. The number of nitriles is 1. The molecule has 2 aromatic carbocycles. The number of halogens is 2. The van der Waals surface area contributed by atoms with Gasteiger partial charge in [0, 0.05) is 16.6 Å². The number of hydrogen-bond donors (Lipinski definition) is 1. The maximum atomic E-state index is 13.5. The summed E-state index contributed by atoms with van der Waals surface area (Å²) in [5.41, 5.74) is 0.730. The van der Waals surface area contributed by atoms with E-state index in [0.717, 1.165) is 4.47 Å². The molecule has 0 aliphatic rings. The standard InChI is InChI=1S/C16H12BrFN2O2/c17-13-5-6-14(18)12(7-13)9-20-16(21)10-22-15-4-2-1-3-11(15)8-19/h1-7H,9-10H2,(H,20,21). The monoisotopic (exact) mass is 362 g/mol. The third kappa shape index (κ3) is 4.30. The van der Waals surface area contributed by atoms with Crippen LogP contribution >= 0.6 is 15.9 Å². The van der Waals surface area contributed by atoms with Gasteiger partial charge in [0.15, 0.2) is 6.61 Å². The van der Waals surface area contributed by atoms with Crippen molar-refractivity contribution in [3.8, 4) is 11.8 Å². The highest BCUT2D eigenvalue weighted by atomic mass is 79.9. The third-order valence-corrected chi connectivity index (χ3v) is 3.34. The second kappa shape index (κ2) is 7.57. The lowest BCUT2D eigenvalue weighted by Gasteiger charge is -2.09. The predicted molar refractivity (Wildman–Crippen MR) is 82.6 cm³/mol. The molecular formula is C16H12BrFN2O2. The van der Waals surface area contributed by atoms with E-state index >= 15 is 0 Å². The number of hydrogen-bond acceptors (Lipinski definition) is 3. The minimum absolute atomic E-state index is 0.0629. The quantitative estimate of drug-likeness (QED) is 0.888. The van der Waals surface area contributed by atoms with E-state index in [1.54, 1.807) is 36.4 Å². The molecule has 1 amide bonds. The van der Waals surface area contributed by atoms with Gasteiger partial charge in [-0.1, -0.05) is 28.1 Å². The average molecular weight is 363 g/mol. The van der Waals surface area contributed by atoms with Crippen LogP contribution in [-0.4, -0.2) is 12.5 Å². The molecule has 0 radical (unpaired) electrons. The van der Waals surface area contributed by atoms with Gasteiger partial charge in [0.2, 0.25) is 0 Å². The van der Waals surface area contributed by atoms with Crippen molar-refractivity contribution >= 4 is 21.8 Å². The number of rotatable bonds is 5. The molecule has 2 aromatic rings. The number of ether oxygens (including phenoxy) is 1. The van der Waals surface area contributed by atoms with E-state index in [1.807, 2.05) is 6.07 Å². The van der Waals surface area contributed by atoms with Crippen LogP contribution in [0.3, 0.4) is 0 Å². The Labute approximate surface area is 135 Å². The second-order valence-corrected chi connectivity index (χ2v) is 5.32. The Morgan fingerprint density at radius 1 is 1.32 bits per heavy atom. The number of carbonyl (C=O) groups is 1. The van der Waals surface area contributed by atoms with Gasteiger partial charge in [-0.2, -0.15) is 5.26 Å². The molecule has 0 aliphatic heterocycles. The molecule has 0 saturated heterocycles. The van der Waals surface area contributed by atoms with E-state index in [-0.39, 0.29) is 19.0 Å². The van der Waals surface area contributed by atoms with E-state index < -0.39 is 5.91 Å². The third-order valence-electron chi connectivity index (χ3n) is 2.85. The molecule has 1 N–H and O–H groups in total. The molecule has 0 aromatic heterocycles. The molecule has 0 aliphatic carbocycles. The summed E-state index contributed by atoms with van der Waals surface area (Å²) in [6, 6.07) is 13.1. The van der Waals surface area contributed by atoms with Crippen LogP contribution in [0.15, 0.2) is 46.9 Å². The largest absolute Gasteiger partial charge is 0.482 e. The average Bonchev–Trinajstić information content (AvgIpc) is 2.54. The van der Waals surface area contributed by atoms with Crippen LogP contribution in [0.1, 0.15) is 11.1 Å². The summed E-state index contributed by atoms with van der Waals surface area (Å²) in [5, 5.41) is 11.5. The summed E-state index contributed by atoms with van der Waals surface area (Å²) in [6.07, 6.45) is 0. The summed E-state index contributed by atoms with van der Waals surface area (Å²) >= 11 is 3.25. The maximum absolute atomic E-state index is 13.5. The smallest absolute Gasteiger partial charge is 0.258 e. The van der Waals surface area contributed by atoms with Gasteiger partial charge < -0.3 is 10.1 Å². The Hall–Kier alpha value is -2.39. The summed E-state index contributed by atoms with van der Waals surface area (Å²) in [4.78, 5) is 11.7. The molecule has 0 heterocycles. The molecule has 0 spiro atoms. The summed E-state index contributed by atoms with van der Waals surface area (Å²) in [5.74, 6) is -0.444. The van der Waals surface area contributed by atoms with Gasteiger partial charge in [0.1, 0.15) is 17.6 Å². The van der Waals surface area contributed by atoms with Gasteiger partial charge in [-0.05, 0) is 30.3 Å². The Bertz CT molecular complexity index is 728. The Balaban J connectivity index is 1.89. The van der Waals surface area contributed by atoms with Gasteiger partial charge in [0.25, 0.3) is 5.91 Å². The zero-order chi connectivity index (χ0) is 15.9. The van der Waals surface area contributed by atoms with Crippen molar-refractivity contribution in [3.05, 3.63) is 63.9 Å². The van der Waals surface area contributed by atoms with Crippen LogP contribution in [0.5, 0.6) is 5.75 Å². The van der Waals surface area contributed by atoms with Crippen molar-refractivity contribution in [1.29, 1.82) is 5.26 Å². The first-order chi connectivity index (χ1) is 10.6. The van der Waals surface area contributed by atoms with Crippen molar-refractivity contribution in [3.63, 3.8) is 0 Å². The number of carbonyl (C=O) groups excluding carboxylic acids is 1. The Morgan fingerprint density at radius 3 is 2.86 bits per heavy atom. The molecular weight excluding hydrogens is 351 g/mol. The number of nitrogens with one attached hydrogen (secondary N) is 1. The predicted octanol–water partition coefficient (Wildman–Crippen LogP) is 3.16. The molecule has 0 saturated carbocycles. The molecule has 0 atom stereocenters. The lowest BCUT2D eigenvalue weighted by molar-refractivity contribution is -0.123. The molecule has 22 heavy (non-hydrogen) atoms. The van der Waals surface area contributed by atoms with Crippen molar-refractivity contribution in [2.75, 3.05) is 6.61 Å². The second-order valence-electron chi connectivity index (χ2n) is 4.41. The highest BCUT2D eigenvalue weighted by molar-refractivity contribution is 9.10. The number of benzene rings is 2. The van der Waals surface area contributed by atoms with E-state index in [4.69, 9.17) is 10.00 Å². The number of para-hydroxylation sites is 1. The van der Waals surface area contributed by atoms with Gasteiger partial charge in [0.05, 0.1) is 5.56 Å². The van der Waals surface area contributed by atoms with Gasteiger partial charge in [-0.3, -0.25) is 4.79 Å². The van der Waals surface area contributed by atoms with Gasteiger partial charge in [-0.25, -0.2) is 4.39 Å². The van der Waals surface area contributed by atoms with Crippen molar-refractivity contribution in [2.45, 2.75) is 6.54 Å². The van der Waals surface area contributed by atoms with E-state index in [0.29, 0.717) is 16.9 Å². The number of amides is 1. The zero-order valence-electron chi connectivity index (χ0n) is 11.5. The van der Waals surface area contributed by atoms with Crippen molar-refractivity contribution in [2.24, 2.45) is 0 Å². The SMILES string of the molecule is N#Cc1ccccc1OCC(=O)NCc1cc(Br)ccc1F. The fourth-order valence-corrected chi connectivity index (χ4v) is 2.16.